The third-order valence-corrected chi connectivity index (χ3v) is 4.22. The van der Waals surface area contributed by atoms with Crippen LogP contribution in [-0.2, 0) is 14.3 Å². The third kappa shape index (κ3) is 3.11. The molecule has 0 saturated carbocycles. The van der Waals surface area contributed by atoms with Gasteiger partial charge < -0.3 is 15.0 Å². The van der Waals surface area contributed by atoms with Gasteiger partial charge in [0.1, 0.15) is 5.25 Å². The highest BCUT2D eigenvalue weighted by Crippen LogP contribution is 2.30. The second kappa shape index (κ2) is 6.60. The second-order valence-corrected chi connectivity index (χ2v) is 5.53. The molecule has 2 N–H and O–H groups in total. The first-order chi connectivity index (χ1) is 10.5. The quantitative estimate of drug-likeness (QED) is 0.746. The first-order valence-electron chi connectivity index (χ1n) is 6.33. The van der Waals surface area contributed by atoms with Gasteiger partial charge in [-0.2, -0.15) is 0 Å². The lowest BCUT2D eigenvalue weighted by atomic mass is 10.3. The van der Waals surface area contributed by atoms with Crippen molar-refractivity contribution in [2.75, 3.05) is 21.2 Å². The van der Waals surface area contributed by atoms with Crippen molar-refractivity contribution in [3.05, 3.63) is 12.0 Å². The van der Waals surface area contributed by atoms with Gasteiger partial charge in [-0.25, -0.2) is 9.98 Å². The van der Waals surface area contributed by atoms with Gasteiger partial charge in [0.25, 0.3) is 5.91 Å². The topological polar surface area (TPSA) is 117 Å². The number of carbonyl (C=O) groups is 3. The molecule has 1 unspecified atom stereocenters. The molecule has 0 spiro atoms. The minimum atomic E-state index is -0.585. The average molecular weight is 325 g/mol. The summed E-state index contributed by atoms with van der Waals surface area (Å²) in [4.78, 5) is 47.3. The van der Waals surface area contributed by atoms with Crippen molar-refractivity contribution in [2.45, 2.75) is 11.7 Å². The van der Waals surface area contributed by atoms with Crippen molar-refractivity contribution < 1.29 is 19.1 Å². The molecule has 2 amide bonds. The Morgan fingerprint density at radius 2 is 2.32 bits per heavy atom. The number of nitrogens with one attached hydrogen (secondary N) is 2. The number of hydrogen-bond donors (Lipinski definition) is 2. The summed E-state index contributed by atoms with van der Waals surface area (Å²) in [5.74, 6) is -0.891. The average Bonchev–Trinajstić information content (AvgIpc) is 3.07. The van der Waals surface area contributed by atoms with Crippen LogP contribution >= 0.6 is 11.8 Å². The Bertz CT molecular complexity index is 641. The van der Waals surface area contributed by atoms with Gasteiger partial charge in [0.2, 0.25) is 5.91 Å². The molecule has 0 aromatic carbocycles. The van der Waals surface area contributed by atoms with Crippen LogP contribution in [0, 0.1) is 0 Å². The number of rotatable bonds is 4. The molecule has 2 heterocycles. The SMILES string of the molecule is CNC(=O)c1[nH]cnc1/N=C1\SC(CC(=O)OC)C(=O)N1C. The number of H-pyrrole nitrogens is 1. The maximum Gasteiger partial charge on any atom is 0.307 e. The molecule has 1 saturated heterocycles. The fraction of sp³-hybridized carbons (Fsp3) is 0.417. The molecule has 1 atom stereocenters. The van der Waals surface area contributed by atoms with Crippen LogP contribution < -0.4 is 5.32 Å². The minimum absolute atomic E-state index is 0.0355. The summed E-state index contributed by atoms with van der Waals surface area (Å²) < 4.78 is 4.57. The zero-order valence-electron chi connectivity index (χ0n) is 12.2. The van der Waals surface area contributed by atoms with E-state index in [0.29, 0.717) is 5.17 Å². The molecule has 22 heavy (non-hydrogen) atoms. The smallest absolute Gasteiger partial charge is 0.307 e. The van der Waals surface area contributed by atoms with E-state index in [-0.39, 0.29) is 29.7 Å². The molecule has 0 bridgehead atoms. The number of esters is 1. The Kier molecular flexibility index (Phi) is 4.81. The van der Waals surface area contributed by atoms with Crippen LogP contribution in [0.1, 0.15) is 16.9 Å². The van der Waals surface area contributed by atoms with E-state index in [9.17, 15) is 14.4 Å². The molecule has 1 aliphatic rings. The van der Waals surface area contributed by atoms with Gasteiger partial charge in [-0.15, -0.1) is 0 Å². The monoisotopic (exact) mass is 325 g/mol. The van der Waals surface area contributed by atoms with Gasteiger partial charge in [-0.1, -0.05) is 11.8 Å². The lowest BCUT2D eigenvalue weighted by Gasteiger charge is -2.08. The molecule has 0 radical (unpaired) electrons. The number of aromatic amines is 1. The number of amidine groups is 1. The van der Waals surface area contributed by atoms with E-state index in [1.807, 2.05) is 0 Å². The highest BCUT2D eigenvalue weighted by Gasteiger charge is 2.37. The van der Waals surface area contributed by atoms with Gasteiger partial charge in [0, 0.05) is 14.1 Å². The lowest BCUT2D eigenvalue weighted by molar-refractivity contribution is -0.142. The van der Waals surface area contributed by atoms with Crippen LogP contribution in [-0.4, -0.2) is 64.3 Å². The van der Waals surface area contributed by atoms with Crippen LogP contribution in [0.3, 0.4) is 0 Å². The van der Waals surface area contributed by atoms with Crippen molar-refractivity contribution in [1.29, 1.82) is 0 Å². The van der Waals surface area contributed by atoms with E-state index in [1.165, 1.54) is 25.4 Å². The summed E-state index contributed by atoms with van der Waals surface area (Å²) in [6.07, 6.45) is 1.31. The summed E-state index contributed by atoms with van der Waals surface area (Å²) in [5.41, 5.74) is 0.202. The number of aliphatic imine (C=N–C) groups is 1. The van der Waals surface area contributed by atoms with Crippen LogP contribution in [0.15, 0.2) is 11.3 Å². The number of aromatic nitrogens is 2. The Morgan fingerprint density at radius 1 is 1.59 bits per heavy atom. The van der Waals surface area contributed by atoms with Gasteiger partial charge >= 0.3 is 5.97 Å². The Hall–Kier alpha value is -2.36. The van der Waals surface area contributed by atoms with Gasteiger partial charge in [0.15, 0.2) is 16.7 Å². The molecule has 10 heteroatoms. The highest BCUT2D eigenvalue weighted by atomic mass is 32.2. The van der Waals surface area contributed by atoms with Crippen molar-refractivity contribution in [3.63, 3.8) is 0 Å². The summed E-state index contributed by atoms with van der Waals surface area (Å²) in [6.45, 7) is 0. The Labute approximate surface area is 130 Å². The highest BCUT2D eigenvalue weighted by molar-refractivity contribution is 8.15. The molecule has 0 aliphatic carbocycles. The van der Waals surface area contributed by atoms with E-state index >= 15 is 0 Å². The Morgan fingerprint density at radius 3 is 2.95 bits per heavy atom. The second-order valence-electron chi connectivity index (χ2n) is 4.36. The summed E-state index contributed by atoms with van der Waals surface area (Å²) in [7, 11) is 4.31. The predicted molar refractivity (Wildman–Crippen MR) is 79.9 cm³/mol. The van der Waals surface area contributed by atoms with Crippen molar-refractivity contribution >= 4 is 40.5 Å². The number of hydrogen-bond acceptors (Lipinski definition) is 7. The van der Waals surface area contributed by atoms with Crippen LogP contribution in [0.2, 0.25) is 0 Å². The molecule has 1 aromatic rings. The van der Waals surface area contributed by atoms with Gasteiger partial charge in [0.05, 0.1) is 19.9 Å². The molecule has 2 rings (SSSR count). The number of thioether (sulfide) groups is 1. The number of methoxy groups -OCH3 is 1. The molecule has 1 fully saturated rings. The van der Waals surface area contributed by atoms with Gasteiger partial charge in [-0.3, -0.25) is 19.3 Å². The fourth-order valence-corrected chi connectivity index (χ4v) is 2.91. The van der Waals surface area contributed by atoms with Crippen molar-refractivity contribution in [2.24, 2.45) is 4.99 Å². The first-order valence-corrected chi connectivity index (χ1v) is 7.21. The first kappa shape index (κ1) is 16.0. The maximum atomic E-state index is 12.1. The van der Waals surface area contributed by atoms with E-state index in [2.05, 4.69) is 25.0 Å². The van der Waals surface area contributed by atoms with Crippen LogP contribution in [0.5, 0.6) is 0 Å². The number of ether oxygens (including phenoxy) is 1. The zero-order valence-corrected chi connectivity index (χ0v) is 13.1. The molecule has 1 aliphatic heterocycles. The molecule has 118 valence electrons. The maximum absolute atomic E-state index is 12.1. The minimum Gasteiger partial charge on any atom is -0.469 e. The van der Waals surface area contributed by atoms with Crippen LogP contribution in [0.4, 0.5) is 5.82 Å². The standard InChI is InChI=1S/C12H15N5O4S/c1-13-10(19)8-9(15-5-14-8)16-12-17(2)11(20)6(22-12)4-7(18)21-3/h5-6H,4H2,1-3H3,(H,13,19)(H,14,15)/b16-12-. The summed E-state index contributed by atoms with van der Waals surface area (Å²) in [5, 5.41) is 2.25. The van der Waals surface area contributed by atoms with E-state index in [1.54, 1.807) is 7.05 Å². The number of nitrogens with zero attached hydrogens (tertiary/aromatic N) is 3. The summed E-state index contributed by atoms with van der Waals surface area (Å²) >= 11 is 1.14. The molecule has 9 nitrogen and oxygen atoms in total. The van der Waals surface area contributed by atoms with Crippen LogP contribution in [0.25, 0.3) is 0 Å². The Balaban J connectivity index is 2.22. The molecular weight excluding hydrogens is 310 g/mol. The predicted octanol–water partition coefficient (Wildman–Crippen LogP) is -0.106. The zero-order chi connectivity index (χ0) is 16.3. The van der Waals surface area contributed by atoms with E-state index in [4.69, 9.17) is 0 Å². The molecule has 1 aromatic heterocycles. The number of carbonyl (C=O) groups excluding carboxylic acids is 3. The van der Waals surface area contributed by atoms with Gasteiger partial charge in [-0.05, 0) is 0 Å². The molecular formula is C12H15N5O4S. The number of imidazole rings is 1. The van der Waals surface area contributed by atoms with Crippen molar-refractivity contribution in [3.8, 4) is 0 Å². The third-order valence-electron chi connectivity index (χ3n) is 3.00. The lowest BCUT2D eigenvalue weighted by Crippen LogP contribution is -2.29. The van der Waals surface area contributed by atoms with E-state index < -0.39 is 11.2 Å². The van der Waals surface area contributed by atoms with Crippen molar-refractivity contribution in [1.82, 2.24) is 20.2 Å². The summed E-state index contributed by atoms with van der Waals surface area (Å²) in [6, 6.07) is 0. The normalized spacial score (nSPS) is 19.6. The fourth-order valence-electron chi connectivity index (χ4n) is 1.79. The number of amides is 2. The largest absolute Gasteiger partial charge is 0.469 e. The van der Waals surface area contributed by atoms with E-state index in [0.717, 1.165) is 11.8 Å².